The second-order valence-electron chi connectivity index (χ2n) is 4.84. The maximum absolute atomic E-state index is 11.7. The predicted molar refractivity (Wildman–Crippen MR) is 83.0 cm³/mol. The van der Waals surface area contributed by atoms with Crippen molar-refractivity contribution in [2.75, 3.05) is 24.7 Å². The van der Waals surface area contributed by atoms with Crippen LogP contribution in [0.25, 0.3) is 0 Å². The van der Waals surface area contributed by atoms with Gasteiger partial charge < -0.3 is 10.1 Å². The second kappa shape index (κ2) is 8.27. The summed E-state index contributed by atoms with van der Waals surface area (Å²) in [5.41, 5.74) is 2.10. The molecule has 1 aromatic carbocycles. The van der Waals surface area contributed by atoms with Gasteiger partial charge in [-0.3, -0.25) is 0 Å². The summed E-state index contributed by atoms with van der Waals surface area (Å²) in [6.07, 6.45) is 0.651. The summed E-state index contributed by atoms with van der Waals surface area (Å²) in [6.45, 7) is 7.73. The van der Waals surface area contributed by atoms with Crippen LogP contribution in [-0.4, -0.2) is 33.1 Å². The molecule has 0 unspecified atom stereocenters. The van der Waals surface area contributed by atoms with Gasteiger partial charge in [-0.15, -0.1) is 0 Å². The maximum Gasteiger partial charge on any atom is 0.153 e. The van der Waals surface area contributed by atoms with Gasteiger partial charge in [0.1, 0.15) is 12.4 Å². The van der Waals surface area contributed by atoms with Gasteiger partial charge in [-0.25, -0.2) is 8.42 Å². The summed E-state index contributed by atoms with van der Waals surface area (Å²) < 4.78 is 29.1. The van der Waals surface area contributed by atoms with E-state index in [1.165, 1.54) is 0 Å². The van der Waals surface area contributed by atoms with Crippen LogP contribution in [0, 0.1) is 6.92 Å². The van der Waals surface area contributed by atoms with Gasteiger partial charge in [0.15, 0.2) is 9.84 Å². The van der Waals surface area contributed by atoms with Gasteiger partial charge in [-0.05, 0) is 25.5 Å². The largest absolute Gasteiger partial charge is 0.492 e. The Morgan fingerprint density at radius 2 is 1.95 bits per heavy atom. The summed E-state index contributed by atoms with van der Waals surface area (Å²) in [5.74, 6) is 1.12. The molecule has 0 amide bonds. The van der Waals surface area contributed by atoms with Gasteiger partial charge in [0, 0.05) is 12.1 Å². The smallest absolute Gasteiger partial charge is 0.153 e. The van der Waals surface area contributed by atoms with E-state index < -0.39 is 9.84 Å². The van der Waals surface area contributed by atoms with Crippen molar-refractivity contribution in [1.29, 1.82) is 0 Å². The fourth-order valence-corrected chi connectivity index (χ4v) is 3.17. The third kappa shape index (κ3) is 5.51. The van der Waals surface area contributed by atoms with Crippen LogP contribution in [0.5, 0.6) is 5.75 Å². The monoisotopic (exact) mass is 299 g/mol. The number of aryl methyl sites for hydroxylation is 1. The molecule has 0 fully saturated rings. The molecule has 5 heteroatoms. The van der Waals surface area contributed by atoms with E-state index in [4.69, 9.17) is 4.74 Å². The van der Waals surface area contributed by atoms with Crippen molar-refractivity contribution in [3.05, 3.63) is 29.3 Å². The van der Waals surface area contributed by atoms with Crippen LogP contribution >= 0.6 is 0 Å². The van der Waals surface area contributed by atoms with Crippen LogP contribution in [0.4, 0.5) is 0 Å². The van der Waals surface area contributed by atoms with Crippen molar-refractivity contribution in [3.8, 4) is 5.75 Å². The Morgan fingerprint density at radius 1 is 1.20 bits per heavy atom. The Hall–Kier alpha value is -1.07. The van der Waals surface area contributed by atoms with E-state index >= 15 is 0 Å². The second-order valence-corrected chi connectivity index (χ2v) is 7.15. The Bertz CT molecular complexity index is 512. The van der Waals surface area contributed by atoms with Gasteiger partial charge in [0.25, 0.3) is 0 Å². The van der Waals surface area contributed by atoms with Crippen molar-refractivity contribution < 1.29 is 13.2 Å². The third-order valence-corrected chi connectivity index (χ3v) is 4.83. The lowest BCUT2D eigenvalue weighted by molar-refractivity contribution is 0.334. The minimum atomic E-state index is -2.99. The highest BCUT2D eigenvalue weighted by Crippen LogP contribution is 2.23. The Labute approximate surface area is 122 Å². The van der Waals surface area contributed by atoms with E-state index in [-0.39, 0.29) is 18.1 Å². The van der Waals surface area contributed by atoms with Gasteiger partial charge in [0.05, 0.1) is 11.5 Å². The minimum absolute atomic E-state index is 0.0792. The molecule has 0 saturated heterocycles. The first-order valence-electron chi connectivity index (χ1n) is 7.12. The molecule has 1 N–H and O–H groups in total. The highest BCUT2D eigenvalue weighted by atomic mass is 32.2. The van der Waals surface area contributed by atoms with Crippen molar-refractivity contribution in [2.24, 2.45) is 0 Å². The normalized spacial score (nSPS) is 11.6. The molecule has 0 bridgehead atoms. The number of benzene rings is 1. The number of ether oxygens (including phenoxy) is 1. The first kappa shape index (κ1) is 17.0. The molecule has 0 saturated carbocycles. The quantitative estimate of drug-likeness (QED) is 0.760. The van der Waals surface area contributed by atoms with Crippen molar-refractivity contribution >= 4 is 9.84 Å². The molecule has 0 aliphatic rings. The number of hydrogen-bond acceptors (Lipinski definition) is 4. The number of hydrogen-bond donors (Lipinski definition) is 1. The molecule has 4 nitrogen and oxygen atoms in total. The predicted octanol–water partition coefficient (Wildman–Crippen LogP) is 2.31. The Balaban J connectivity index is 2.67. The number of para-hydroxylation sites is 1. The van der Waals surface area contributed by atoms with Gasteiger partial charge in [0.2, 0.25) is 0 Å². The first-order chi connectivity index (χ1) is 9.50. The minimum Gasteiger partial charge on any atom is -0.492 e. The molecule has 1 rings (SSSR count). The van der Waals surface area contributed by atoms with Crippen LogP contribution in [0.1, 0.15) is 31.4 Å². The molecule has 1 aromatic rings. The van der Waals surface area contributed by atoms with E-state index in [0.717, 1.165) is 30.0 Å². The average Bonchev–Trinajstić information content (AvgIpc) is 2.38. The molecule has 0 spiro atoms. The number of sulfone groups is 1. The molecule has 0 radical (unpaired) electrons. The van der Waals surface area contributed by atoms with E-state index in [9.17, 15) is 8.42 Å². The van der Waals surface area contributed by atoms with E-state index in [0.29, 0.717) is 6.42 Å². The summed E-state index contributed by atoms with van der Waals surface area (Å²) >= 11 is 0. The summed E-state index contributed by atoms with van der Waals surface area (Å²) in [5, 5.41) is 3.26. The first-order valence-corrected chi connectivity index (χ1v) is 8.94. The highest BCUT2D eigenvalue weighted by Gasteiger charge is 2.11. The summed E-state index contributed by atoms with van der Waals surface area (Å²) in [6, 6.07) is 5.97. The lowest BCUT2D eigenvalue weighted by Crippen LogP contribution is -2.18. The SMILES string of the molecule is CCCS(=O)(=O)CCOc1c(C)cccc1CNCC. The molecule has 114 valence electrons. The third-order valence-electron chi connectivity index (χ3n) is 3.01. The molecule has 0 aromatic heterocycles. The topological polar surface area (TPSA) is 55.4 Å². The standard InChI is InChI=1S/C15H25NO3S/c1-4-10-20(17,18)11-9-19-15-13(3)7-6-8-14(15)12-16-5-2/h6-8,16H,4-5,9-12H2,1-3H3. The molecule has 20 heavy (non-hydrogen) atoms. The average molecular weight is 299 g/mol. The summed E-state index contributed by atoms with van der Waals surface area (Å²) in [7, 11) is -2.99. The van der Waals surface area contributed by atoms with Crippen molar-refractivity contribution in [3.63, 3.8) is 0 Å². The zero-order valence-electron chi connectivity index (χ0n) is 12.6. The molecule has 0 heterocycles. The molecular weight excluding hydrogens is 274 g/mol. The Morgan fingerprint density at radius 3 is 2.60 bits per heavy atom. The van der Waals surface area contributed by atoms with Crippen molar-refractivity contribution in [1.82, 2.24) is 5.32 Å². The lowest BCUT2D eigenvalue weighted by atomic mass is 10.1. The Kier molecular flexibility index (Phi) is 7.02. The highest BCUT2D eigenvalue weighted by molar-refractivity contribution is 7.91. The molecular formula is C15H25NO3S. The van der Waals surface area contributed by atoms with Crippen LogP contribution in [0.2, 0.25) is 0 Å². The zero-order chi connectivity index (χ0) is 15.0. The number of rotatable bonds is 9. The summed E-state index contributed by atoms with van der Waals surface area (Å²) in [4.78, 5) is 0. The van der Waals surface area contributed by atoms with Crippen LogP contribution in [0.3, 0.4) is 0 Å². The van der Waals surface area contributed by atoms with E-state index in [1.807, 2.05) is 39.0 Å². The van der Waals surface area contributed by atoms with Gasteiger partial charge in [-0.2, -0.15) is 0 Å². The molecule has 0 aliphatic carbocycles. The lowest BCUT2D eigenvalue weighted by Gasteiger charge is -2.14. The fourth-order valence-electron chi connectivity index (χ4n) is 2.00. The van der Waals surface area contributed by atoms with Crippen LogP contribution in [0.15, 0.2) is 18.2 Å². The van der Waals surface area contributed by atoms with Gasteiger partial charge >= 0.3 is 0 Å². The van der Waals surface area contributed by atoms with Crippen molar-refractivity contribution in [2.45, 2.75) is 33.7 Å². The van der Waals surface area contributed by atoms with E-state index in [2.05, 4.69) is 5.32 Å². The van der Waals surface area contributed by atoms with Gasteiger partial charge in [-0.1, -0.05) is 32.0 Å². The van der Waals surface area contributed by atoms with E-state index in [1.54, 1.807) is 0 Å². The fraction of sp³-hybridized carbons (Fsp3) is 0.600. The zero-order valence-corrected chi connectivity index (χ0v) is 13.4. The maximum atomic E-state index is 11.7. The molecule has 0 atom stereocenters. The van der Waals surface area contributed by atoms with Crippen LogP contribution in [-0.2, 0) is 16.4 Å². The molecule has 0 aliphatic heterocycles. The van der Waals surface area contributed by atoms with Crippen LogP contribution < -0.4 is 10.1 Å². The number of nitrogens with one attached hydrogen (secondary N) is 1.